The van der Waals surface area contributed by atoms with Gasteiger partial charge in [0.25, 0.3) is 0 Å². The van der Waals surface area contributed by atoms with E-state index >= 15 is 0 Å². The second-order valence-electron chi connectivity index (χ2n) is 2.54. The van der Waals surface area contributed by atoms with Crippen LogP contribution in [0.2, 0.25) is 0 Å². The predicted molar refractivity (Wildman–Crippen MR) is 30.7 cm³/mol. The third-order valence-electron chi connectivity index (χ3n) is 2.04. The summed E-state index contributed by atoms with van der Waals surface area (Å²) in [5.41, 5.74) is 0. The second kappa shape index (κ2) is 2.62. The molecule has 0 radical (unpaired) electrons. The summed E-state index contributed by atoms with van der Waals surface area (Å²) in [6.07, 6.45) is -0.464. The lowest BCUT2D eigenvalue weighted by atomic mass is 9.73. The van der Waals surface area contributed by atoms with Crippen LogP contribution >= 0.6 is 0 Å². The van der Waals surface area contributed by atoms with Crippen molar-refractivity contribution < 1.29 is 14.6 Å². The fourth-order valence-electron chi connectivity index (χ4n) is 1.21. The number of hydrogen-bond donors (Lipinski definition) is 2. The summed E-state index contributed by atoms with van der Waals surface area (Å²) in [7, 11) is 0. The number of aliphatic hydroxyl groups is 2. The minimum absolute atomic E-state index is 0.00463. The first-order valence-corrected chi connectivity index (χ1v) is 3.15. The van der Waals surface area contributed by atoms with Crippen molar-refractivity contribution in [3.8, 4) is 0 Å². The highest BCUT2D eigenvalue weighted by Gasteiger charge is 2.40. The van der Waals surface area contributed by atoms with E-state index in [1.807, 2.05) is 0 Å². The van der Waals surface area contributed by atoms with E-state index in [1.54, 1.807) is 0 Å². The first-order valence-electron chi connectivity index (χ1n) is 3.15. The Hall–Kier alpha value is -0.150. The molecule has 1 saturated carbocycles. The van der Waals surface area contributed by atoms with Crippen LogP contribution in [0.15, 0.2) is 0 Å². The van der Waals surface area contributed by atoms with Crippen LogP contribution in [-0.4, -0.2) is 29.6 Å². The van der Waals surface area contributed by atoms with Crippen LogP contribution in [-0.2, 0) is 0 Å². The topological polar surface area (TPSA) is 40.5 Å². The Labute approximate surface area is 53.3 Å². The average molecular weight is 134 g/mol. The molecule has 0 aliphatic heterocycles. The van der Waals surface area contributed by atoms with Crippen molar-refractivity contribution in [3.05, 3.63) is 0 Å². The van der Waals surface area contributed by atoms with Crippen LogP contribution in [0.3, 0.4) is 0 Å². The van der Waals surface area contributed by atoms with Gasteiger partial charge in [-0.05, 0) is 12.3 Å². The Bertz CT molecular complexity index is 97.1. The molecule has 0 heterocycles. The van der Waals surface area contributed by atoms with E-state index < -0.39 is 6.17 Å². The molecule has 1 aliphatic carbocycles. The monoisotopic (exact) mass is 134 g/mol. The van der Waals surface area contributed by atoms with Crippen LogP contribution in [0, 0.1) is 11.8 Å². The number of aliphatic hydroxyl groups excluding tert-OH is 2. The highest BCUT2D eigenvalue weighted by molar-refractivity contribution is 4.88. The summed E-state index contributed by atoms with van der Waals surface area (Å²) in [6, 6.07) is 0. The molecule has 9 heavy (non-hydrogen) atoms. The largest absolute Gasteiger partial charge is 0.396 e. The zero-order valence-corrected chi connectivity index (χ0v) is 5.13. The predicted octanol–water partition coefficient (Wildman–Crippen LogP) is -0.0548. The van der Waals surface area contributed by atoms with Gasteiger partial charge >= 0.3 is 0 Å². The van der Waals surface area contributed by atoms with Gasteiger partial charge in [-0.2, -0.15) is 0 Å². The maximum Gasteiger partial charge on any atom is 0.106 e. The van der Waals surface area contributed by atoms with Crippen molar-refractivity contribution in [1.82, 2.24) is 0 Å². The summed E-state index contributed by atoms with van der Waals surface area (Å²) in [5.74, 6) is -0.292. The number of alkyl halides is 1. The highest BCUT2D eigenvalue weighted by Crippen LogP contribution is 2.36. The molecular weight excluding hydrogens is 123 g/mol. The Kier molecular flexibility index (Phi) is 2.03. The van der Waals surface area contributed by atoms with E-state index in [4.69, 9.17) is 10.2 Å². The molecule has 0 spiro atoms. The number of halogens is 1. The fourth-order valence-corrected chi connectivity index (χ4v) is 1.21. The van der Waals surface area contributed by atoms with Gasteiger partial charge in [0, 0.05) is 19.1 Å². The lowest BCUT2D eigenvalue weighted by molar-refractivity contribution is -0.0327. The lowest BCUT2D eigenvalue weighted by Crippen LogP contribution is -2.42. The molecule has 1 aliphatic rings. The molecule has 1 rings (SSSR count). The van der Waals surface area contributed by atoms with Gasteiger partial charge in [-0.3, -0.25) is 0 Å². The maximum atomic E-state index is 12.3. The van der Waals surface area contributed by atoms with Gasteiger partial charge in [0.05, 0.1) is 0 Å². The Morgan fingerprint density at radius 3 is 2.22 bits per heavy atom. The van der Waals surface area contributed by atoms with Gasteiger partial charge in [0.15, 0.2) is 0 Å². The van der Waals surface area contributed by atoms with Gasteiger partial charge < -0.3 is 10.2 Å². The van der Waals surface area contributed by atoms with Gasteiger partial charge in [0.1, 0.15) is 6.17 Å². The van der Waals surface area contributed by atoms with Crippen molar-refractivity contribution in [2.75, 3.05) is 13.2 Å². The van der Waals surface area contributed by atoms with E-state index in [0.29, 0.717) is 6.42 Å². The van der Waals surface area contributed by atoms with Gasteiger partial charge in [-0.25, -0.2) is 4.39 Å². The third kappa shape index (κ3) is 1.07. The number of hydrogen-bond acceptors (Lipinski definition) is 2. The molecule has 54 valence electrons. The first-order chi connectivity index (χ1) is 4.29. The van der Waals surface area contributed by atoms with Crippen molar-refractivity contribution in [2.24, 2.45) is 11.8 Å². The molecule has 0 aromatic heterocycles. The molecule has 0 amide bonds. The maximum absolute atomic E-state index is 12.3. The quantitative estimate of drug-likeness (QED) is 0.555. The molecule has 0 aromatic rings. The minimum atomic E-state index is -0.882. The Balaban J connectivity index is 2.29. The van der Waals surface area contributed by atoms with Crippen molar-refractivity contribution in [1.29, 1.82) is 0 Å². The van der Waals surface area contributed by atoms with E-state index in [2.05, 4.69) is 0 Å². The molecule has 0 bridgehead atoms. The van der Waals surface area contributed by atoms with Crippen LogP contribution in [0.1, 0.15) is 6.42 Å². The second-order valence-corrected chi connectivity index (χ2v) is 2.54. The molecule has 2 nitrogen and oxygen atoms in total. The molecule has 0 aromatic carbocycles. The van der Waals surface area contributed by atoms with E-state index in [9.17, 15) is 4.39 Å². The van der Waals surface area contributed by atoms with Gasteiger partial charge in [-0.15, -0.1) is 0 Å². The molecular formula is C6H11FO2. The molecule has 3 unspecified atom stereocenters. The standard InChI is InChI=1S/C6H11FO2/c7-6-1-4(2-8)5(6)3-9/h4-6,8-9H,1-3H2. The van der Waals surface area contributed by atoms with Crippen LogP contribution < -0.4 is 0 Å². The van der Waals surface area contributed by atoms with Crippen LogP contribution in [0.25, 0.3) is 0 Å². The zero-order chi connectivity index (χ0) is 6.85. The summed E-state index contributed by atoms with van der Waals surface area (Å²) in [6.45, 7) is -0.127. The van der Waals surface area contributed by atoms with Crippen LogP contribution in [0.4, 0.5) is 4.39 Å². The average Bonchev–Trinajstić information content (AvgIpc) is 1.83. The van der Waals surface area contributed by atoms with Crippen molar-refractivity contribution in [2.45, 2.75) is 12.6 Å². The van der Waals surface area contributed by atoms with Crippen LogP contribution in [0.5, 0.6) is 0 Å². The van der Waals surface area contributed by atoms with Crippen molar-refractivity contribution >= 4 is 0 Å². The SMILES string of the molecule is OCC1CC(F)C1CO. The number of rotatable bonds is 2. The Morgan fingerprint density at radius 2 is 2.00 bits per heavy atom. The minimum Gasteiger partial charge on any atom is -0.396 e. The van der Waals surface area contributed by atoms with Gasteiger partial charge in [0.2, 0.25) is 0 Å². The fraction of sp³-hybridized carbons (Fsp3) is 1.00. The highest BCUT2D eigenvalue weighted by atomic mass is 19.1. The van der Waals surface area contributed by atoms with Crippen molar-refractivity contribution in [3.63, 3.8) is 0 Å². The first kappa shape index (κ1) is 6.96. The lowest BCUT2D eigenvalue weighted by Gasteiger charge is -2.37. The zero-order valence-electron chi connectivity index (χ0n) is 5.13. The molecule has 1 fully saturated rings. The normalized spacial score (nSPS) is 42.3. The summed E-state index contributed by atoms with van der Waals surface area (Å²) < 4.78 is 12.3. The van der Waals surface area contributed by atoms with E-state index in [-0.39, 0.29) is 25.0 Å². The smallest absolute Gasteiger partial charge is 0.106 e. The Morgan fingerprint density at radius 1 is 1.33 bits per heavy atom. The molecule has 3 atom stereocenters. The molecule has 2 N–H and O–H groups in total. The van der Waals surface area contributed by atoms with Gasteiger partial charge in [-0.1, -0.05) is 0 Å². The van der Waals surface area contributed by atoms with E-state index in [1.165, 1.54) is 0 Å². The summed E-state index contributed by atoms with van der Waals surface area (Å²) >= 11 is 0. The third-order valence-corrected chi connectivity index (χ3v) is 2.04. The molecule has 3 heteroatoms. The summed E-state index contributed by atoms with van der Waals surface area (Å²) in [4.78, 5) is 0. The molecule has 0 saturated heterocycles. The summed E-state index contributed by atoms with van der Waals surface area (Å²) in [5, 5.41) is 17.0. The van der Waals surface area contributed by atoms with E-state index in [0.717, 1.165) is 0 Å².